The highest BCUT2D eigenvalue weighted by atomic mass is 32.1. The summed E-state index contributed by atoms with van der Waals surface area (Å²) in [7, 11) is 0. The van der Waals surface area contributed by atoms with Crippen LogP contribution in [0.1, 0.15) is 54.7 Å². The van der Waals surface area contributed by atoms with E-state index in [0.717, 1.165) is 45.2 Å². The van der Waals surface area contributed by atoms with Crippen LogP contribution >= 0.6 is 22.7 Å². The highest BCUT2D eigenvalue weighted by Crippen LogP contribution is 2.37. The predicted molar refractivity (Wildman–Crippen MR) is 114 cm³/mol. The zero-order valence-corrected chi connectivity index (χ0v) is 17.4. The summed E-state index contributed by atoms with van der Waals surface area (Å²) in [5, 5.41) is 14.4. The molecule has 2 atom stereocenters. The number of thiophene rings is 2. The molecule has 4 rings (SSSR count). The lowest BCUT2D eigenvalue weighted by molar-refractivity contribution is -0.0917. The van der Waals surface area contributed by atoms with Gasteiger partial charge in [-0.25, -0.2) is 0 Å². The summed E-state index contributed by atoms with van der Waals surface area (Å²) in [4.78, 5) is 5.28. The van der Waals surface area contributed by atoms with Gasteiger partial charge in [-0.05, 0) is 55.0 Å². The van der Waals surface area contributed by atoms with Crippen molar-refractivity contribution in [3.8, 4) is 0 Å². The smallest absolute Gasteiger partial charge is 0.110 e. The van der Waals surface area contributed by atoms with E-state index < -0.39 is 0 Å². The molecule has 4 heterocycles. The lowest BCUT2D eigenvalue weighted by Crippen LogP contribution is -2.42. The molecule has 5 heteroatoms. The van der Waals surface area contributed by atoms with Gasteiger partial charge in [-0.15, -0.1) is 22.7 Å². The number of rotatable bonds is 3. The van der Waals surface area contributed by atoms with Crippen LogP contribution < -0.4 is 0 Å². The first kappa shape index (κ1) is 19.3. The molecule has 1 N–H and O–H groups in total. The molecule has 146 valence electrons. The monoisotopic (exact) mass is 403 g/mol. The summed E-state index contributed by atoms with van der Waals surface area (Å²) >= 11 is 3.68. The molecule has 0 spiro atoms. The van der Waals surface area contributed by atoms with E-state index in [0.29, 0.717) is 6.61 Å². The van der Waals surface area contributed by atoms with E-state index in [-0.39, 0.29) is 12.3 Å². The third-order valence-corrected chi connectivity index (χ3v) is 7.44. The second-order valence-corrected chi connectivity index (χ2v) is 9.44. The van der Waals surface area contributed by atoms with Crippen molar-refractivity contribution in [2.24, 2.45) is 0 Å². The number of nitrogens with zero attached hydrogens (tertiary/aromatic N) is 1. The number of likely N-dealkylation sites (tertiary alicyclic amines) is 1. The Morgan fingerprint density at radius 3 is 2.26 bits per heavy atom. The van der Waals surface area contributed by atoms with Crippen molar-refractivity contribution >= 4 is 28.2 Å². The highest BCUT2D eigenvalue weighted by molar-refractivity contribution is 7.13. The first-order valence-electron chi connectivity index (χ1n) is 10.1. The van der Waals surface area contributed by atoms with Crippen molar-refractivity contribution in [1.82, 2.24) is 4.90 Å². The first-order valence-corrected chi connectivity index (χ1v) is 11.9. The third-order valence-electron chi connectivity index (χ3n) is 5.67. The standard InChI is InChI=1S/C22H29NO2S2/c24-18-6-2-1-3-9-21(25-16-18)23-12-10-17(11-13-23)22(19-7-4-14-26-19)20-8-5-15-27-20/h4-5,7-8,14-15,18,21,24H,1-3,6,9-13,16H2. The molecule has 0 radical (unpaired) electrons. The normalized spacial score (nSPS) is 25.6. The van der Waals surface area contributed by atoms with Gasteiger partial charge in [-0.3, -0.25) is 4.90 Å². The maximum Gasteiger partial charge on any atom is 0.110 e. The molecule has 0 amide bonds. The van der Waals surface area contributed by atoms with Crippen molar-refractivity contribution in [2.75, 3.05) is 19.7 Å². The molecule has 2 saturated heterocycles. The number of aliphatic hydroxyl groups excluding tert-OH is 1. The Balaban J connectivity index is 1.47. The molecule has 2 aliphatic heterocycles. The number of ether oxygens (including phenoxy) is 1. The molecule has 2 unspecified atom stereocenters. The van der Waals surface area contributed by atoms with Gasteiger partial charge in [0.05, 0.1) is 12.7 Å². The van der Waals surface area contributed by atoms with E-state index in [1.54, 1.807) is 5.57 Å². The Morgan fingerprint density at radius 1 is 0.963 bits per heavy atom. The molecule has 0 aliphatic carbocycles. The van der Waals surface area contributed by atoms with Crippen LogP contribution in [0.4, 0.5) is 0 Å². The van der Waals surface area contributed by atoms with E-state index in [4.69, 9.17) is 4.74 Å². The zero-order chi connectivity index (χ0) is 18.5. The molecular formula is C22H29NO2S2. The lowest BCUT2D eigenvalue weighted by Gasteiger charge is -2.36. The molecule has 2 aromatic rings. The fraction of sp³-hybridized carbons (Fsp3) is 0.545. The minimum atomic E-state index is -0.296. The predicted octanol–water partition coefficient (Wildman–Crippen LogP) is 5.38. The van der Waals surface area contributed by atoms with Gasteiger partial charge >= 0.3 is 0 Å². The Labute approximate surface area is 170 Å². The molecule has 0 bridgehead atoms. The Bertz CT molecular complexity index is 677. The number of hydrogen-bond acceptors (Lipinski definition) is 5. The van der Waals surface area contributed by atoms with Crippen molar-refractivity contribution in [3.63, 3.8) is 0 Å². The molecule has 2 aromatic heterocycles. The molecular weight excluding hydrogens is 374 g/mol. The first-order chi connectivity index (χ1) is 13.3. The van der Waals surface area contributed by atoms with Gasteiger partial charge in [0.1, 0.15) is 6.23 Å². The second kappa shape index (κ2) is 9.48. The maximum atomic E-state index is 10.0. The SMILES string of the molecule is OC1CCCCCC(N2CCC(=C(c3cccs3)c3cccs3)CC2)OC1. The van der Waals surface area contributed by atoms with E-state index in [1.807, 2.05) is 22.7 Å². The van der Waals surface area contributed by atoms with Crippen LogP contribution in [0.2, 0.25) is 0 Å². The Hall–Kier alpha value is -0.980. The van der Waals surface area contributed by atoms with Crippen molar-refractivity contribution < 1.29 is 9.84 Å². The van der Waals surface area contributed by atoms with Gasteiger partial charge in [-0.1, -0.05) is 30.5 Å². The van der Waals surface area contributed by atoms with Gasteiger partial charge in [0, 0.05) is 28.4 Å². The van der Waals surface area contributed by atoms with Gasteiger partial charge in [0.15, 0.2) is 0 Å². The summed E-state index contributed by atoms with van der Waals surface area (Å²) in [6, 6.07) is 8.81. The summed E-state index contributed by atoms with van der Waals surface area (Å²) in [6.07, 6.45) is 7.58. The summed E-state index contributed by atoms with van der Waals surface area (Å²) < 4.78 is 6.12. The van der Waals surface area contributed by atoms with Crippen LogP contribution in [-0.4, -0.2) is 42.0 Å². The van der Waals surface area contributed by atoms with E-state index in [1.165, 1.54) is 28.2 Å². The van der Waals surface area contributed by atoms with Crippen LogP contribution in [0.3, 0.4) is 0 Å². The number of aliphatic hydroxyl groups is 1. The lowest BCUT2D eigenvalue weighted by atomic mass is 9.95. The van der Waals surface area contributed by atoms with Gasteiger partial charge in [0.25, 0.3) is 0 Å². The van der Waals surface area contributed by atoms with Gasteiger partial charge in [0.2, 0.25) is 0 Å². The molecule has 2 aliphatic rings. The van der Waals surface area contributed by atoms with Crippen molar-refractivity contribution in [1.29, 1.82) is 0 Å². The Kier molecular flexibility index (Phi) is 6.79. The quantitative estimate of drug-likeness (QED) is 0.747. The van der Waals surface area contributed by atoms with Gasteiger partial charge < -0.3 is 9.84 Å². The minimum Gasteiger partial charge on any atom is -0.391 e. The number of piperidine rings is 1. The number of hydrogen-bond donors (Lipinski definition) is 1. The van der Waals surface area contributed by atoms with Crippen molar-refractivity contribution in [2.45, 2.75) is 57.3 Å². The third kappa shape index (κ3) is 4.90. The zero-order valence-electron chi connectivity index (χ0n) is 15.8. The maximum absolute atomic E-state index is 10.0. The highest BCUT2D eigenvalue weighted by Gasteiger charge is 2.26. The van der Waals surface area contributed by atoms with Crippen molar-refractivity contribution in [3.05, 3.63) is 50.4 Å². The minimum absolute atomic E-state index is 0.172. The van der Waals surface area contributed by atoms with Crippen LogP contribution in [0.25, 0.3) is 5.57 Å². The van der Waals surface area contributed by atoms with Crippen LogP contribution in [-0.2, 0) is 4.74 Å². The molecule has 0 aromatic carbocycles. The summed E-state index contributed by atoms with van der Waals surface area (Å²) in [6.45, 7) is 2.59. The average molecular weight is 404 g/mol. The molecule has 0 saturated carbocycles. The summed E-state index contributed by atoms with van der Waals surface area (Å²) in [5.41, 5.74) is 3.05. The van der Waals surface area contributed by atoms with Crippen LogP contribution in [0, 0.1) is 0 Å². The fourth-order valence-corrected chi connectivity index (χ4v) is 5.93. The molecule has 2 fully saturated rings. The van der Waals surface area contributed by atoms with E-state index in [9.17, 15) is 5.11 Å². The molecule has 3 nitrogen and oxygen atoms in total. The van der Waals surface area contributed by atoms with Crippen LogP contribution in [0.15, 0.2) is 40.6 Å². The fourth-order valence-electron chi connectivity index (χ4n) is 4.20. The molecule has 27 heavy (non-hydrogen) atoms. The van der Waals surface area contributed by atoms with Gasteiger partial charge in [-0.2, -0.15) is 0 Å². The topological polar surface area (TPSA) is 32.7 Å². The largest absolute Gasteiger partial charge is 0.391 e. The van der Waals surface area contributed by atoms with E-state index in [2.05, 4.69) is 39.9 Å². The van der Waals surface area contributed by atoms with Crippen LogP contribution in [0.5, 0.6) is 0 Å². The van der Waals surface area contributed by atoms with E-state index >= 15 is 0 Å². The summed E-state index contributed by atoms with van der Waals surface area (Å²) in [5.74, 6) is 0. The average Bonchev–Trinajstić information content (AvgIpc) is 3.40. The Morgan fingerprint density at radius 2 is 1.63 bits per heavy atom. The second-order valence-electron chi connectivity index (χ2n) is 7.55.